The number of likely N-dealkylation sites (N-methyl/N-ethyl adjacent to an activating group) is 1. The molecule has 120 valence electrons. The highest BCUT2D eigenvalue weighted by Crippen LogP contribution is 2.41. The van der Waals surface area contributed by atoms with Gasteiger partial charge in [0.05, 0.1) is 20.0 Å². The highest BCUT2D eigenvalue weighted by Gasteiger charge is 2.34. The van der Waals surface area contributed by atoms with Gasteiger partial charge in [-0.25, -0.2) is 0 Å². The lowest BCUT2D eigenvalue weighted by Gasteiger charge is -2.25. The third-order valence-electron chi connectivity index (χ3n) is 3.47. The van der Waals surface area contributed by atoms with E-state index in [0.717, 1.165) is 5.56 Å². The van der Waals surface area contributed by atoms with Crippen molar-refractivity contribution < 1.29 is 19.1 Å². The summed E-state index contributed by atoms with van der Waals surface area (Å²) in [5.41, 5.74) is 0.917. The van der Waals surface area contributed by atoms with E-state index >= 15 is 0 Å². The summed E-state index contributed by atoms with van der Waals surface area (Å²) in [5, 5.41) is -0.184. The molecule has 0 bridgehead atoms. The van der Waals surface area contributed by atoms with Gasteiger partial charge in [0, 0.05) is 14.1 Å². The Bertz CT molecular complexity index is 577. The van der Waals surface area contributed by atoms with Crippen molar-refractivity contribution in [1.82, 2.24) is 9.80 Å². The molecule has 0 N–H and O–H groups in total. The summed E-state index contributed by atoms with van der Waals surface area (Å²) in [5.74, 6) is 1.50. The summed E-state index contributed by atoms with van der Waals surface area (Å²) in [7, 11) is 6.51. The van der Waals surface area contributed by atoms with Gasteiger partial charge in [0.1, 0.15) is 11.9 Å². The Morgan fingerprint density at radius 3 is 2.59 bits per heavy atom. The van der Waals surface area contributed by atoms with Gasteiger partial charge in [0.25, 0.3) is 0 Å². The third kappa shape index (κ3) is 3.30. The first kappa shape index (κ1) is 16.5. The number of hydrogen-bond donors (Lipinski definition) is 0. The van der Waals surface area contributed by atoms with Gasteiger partial charge in [-0.1, -0.05) is 6.07 Å². The topological polar surface area (TPSA) is 59.1 Å². The number of carbonyl (C=O) groups is 2. The monoisotopic (exact) mass is 324 g/mol. The lowest BCUT2D eigenvalue weighted by atomic mass is 10.1. The van der Waals surface area contributed by atoms with Crippen LogP contribution in [0.5, 0.6) is 11.5 Å². The van der Waals surface area contributed by atoms with Gasteiger partial charge in [-0.05, 0) is 17.7 Å². The summed E-state index contributed by atoms with van der Waals surface area (Å²) in [6.07, 6.45) is 0. The molecule has 0 radical (unpaired) electrons. The number of ether oxygens (including phenoxy) is 2. The van der Waals surface area contributed by atoms with Gasteiger partial charge in [-0.15, -0.1) is 11.8 Å². The lowest BCUT2D eigenvalue weighted by molar-refractivity contribution is -0.137. The number of rotatable bonds is 5. The van der Waals surface area contributed by atoms with Gasteiger partial charge in [0.15, 0.2) is 11.5 Å². The van der Waals surface area contributed by atoms with E-state index in [4.69, 9.17) is 9.47 Å². The molecule has 0 unspecified atom stereocenters. The molecule has 0 spiro atoms. The van der Waals surface area contributed by atoms with Gasteiger partial charge < -0.3 is 19.3 Å². The van der Waals surface area contributed by atoms with E-state index in [2.05, 4.69) is 0 Å². The Balaban J connectivity index is 2.26. The van der Waals surface area contributed by atoms with Crippen molar-refractivity contribution in [2.24, 2.45) is 0 Å². The Morgan fingerprint density at radius 2 is 2.00 bits per heavy atom. The second-order valence-corrected chi connectivity index (χ2v) is 6.16. The molecule has 0 aromatic heterocycles. The maximum absolute atomic E-state index is 12.1. The second kappa shape index (κ2) is 6.91. The first-order chi connectivity index (χ1) is 10.5. The number of nitrogens with zero attached hydrogens (tertiary/aromatic N) is 2. The second-order valence-electron chi connectivity index (χ2n) is 5.09. The molecular formula is C15H20N2O4S. The molecule has 1 saturated heterocycles. The minimum absolute atomic E-state index is 0.0278. The predicted octanol–water partition coefficient (Wildman–Crippen LogP) is 1.37. The molecule has 7 heteroatoms. The van der Waals surface area contributed by atoms with Crippen LogP contribution in [0.1, 0.15) is 10.9 Å². The smallest absolute Gasteiger partial charge is 0.241 e. The molecule has 1 aliphatic heterocycles. The van der Waals surface area contributed by atoms with Crippen molar-refractivity contribution in [3.63, 3.8) is 0 Å². The minimum atomic E-state index is -0.184. The molecule has 6 nitrogen and oxygen atoms in total. The Kier molecular flexibility index (Phi) is 5.18. The molecule has 1 atom stereocenters. The molecule has 22 heavy (non-hydrogen) atoms. The quantitative estimate of drug-likeness (QED) is 0.819. The van der Waals surface area contributed by atoms with Crippen LogP contribution >= 0.6 is 11.8 Å². The molecule has 1 fully saturated rings. The van der Waals surface area contributed by atoms with Crippen LogP contribution in [0.15, 0.2) is 18.2 Å². The van der Waals surface area contributed by atoms with Crippen LogP contribution in [0, 0.1) is 0 Å². The summed E-state index contributed by atoms with van der Waals surface area (Å²) in [4.78, 5) is 27.1. The zero-order valence-electron chi connectivity index (χ0n) is 13.2. The number of amides is 2. The van der Waals surface area contributed by atoms with Crippen LogP contribution in [0.25, 0.3) is 0 Å². The Labute approximate surface area is 134 Å². The zero-order valence-corrected chi connectivity index (χ0v) is 14.0. The molecule has 1 aromatic rings. The zero-order chi connectivity index (χ0) is 16.3. The van der Waals surface area contributed by atoms with Crippen LogP contribution in [0.2, 0.25) is 0 Å². The average Bonchev–Trinajstić information content (AvgIpc) is 2.87. The van der Waals surface area contributed by atoms with Crippen molar-refractivity contribution in [3.05, 3.63) is 23.8 Å². The van der Waals surface area contributed by atoms with Gasteiger partial charge in [0.2, 0.25) is 11.8 Å². The highest BCUT2D eigenvalue weighted by molar-refractivity contribution is 8.00. The van der Waals surface area contributed by atoms with E-state index in [1.54, 1.807) is 33.2 Å². The van der Waals surface area contributed by atoms with Crippen LogP contribution < -0.4 is 9.47 Å². The highest BCUT2D eigenvalue weighted by atomic mass is 32.2. The van der Waals surface area contributed by atoms with E-state index < -0.39 is 0 Å². The van der Waals surface area contributed by atoms with E-state index in [1.807, 2.05) is 18.2 Å². The third-order valence-corrected chi connectivity index (χ3v) is 4.72. The normalized spacial score (nSPS) is 17.5. The van der Waals surface area contributed by atoms with Crippen molar-refractivity contribution >= 4 is 23.6 Å². The molecule has 0 saturated carbocycles. The Hall–Kier alpha value is -1.89. The fraction of sp³-hybridized carbons (Fsp3) is 0.467. The summed E-state index contributed by atoms with van der Waals surface area (Å²) >= 11 is 1.51. The fourth-order valence-electron chi connectivity index (χ4n) is 2.19. The van der Waals surface area contributed by atoms with E-state index in [-0.39, 0.29) is 23.7 Å². The summed E-state index contributed by atoms with van der Waals surface area (Å²) < 4.78 is 10.5. The summed E-state index contributed by atoms with van der Waals surface area (Å²) in [6, 6.07) is 5.55. The number of hydrogen-bond acceptors (Lipinski definition) is 5. The molecule has 2 amide bonds. The van der Waals surface area contributed by atoms with Crippen molar-refractivity contribution in [2.45, 2.75) is 5.37 Å². The van der Waals surface area contributed by atoms with Crippen molar-refractivity contribution in [3.8, 4) is 11.5 Å². The first-order valence-electron chi connectivity index (χ1n) is 6.81. The van der Waals surface area contributed by atoms with Crippen LogP contribution in [-0.2, 0) is 9.59 Å². The van der Waals surface area contributed by atoms with E-state index in [0.29, 0.717) is 17.3 Å². The summed E-state index contributed by atoms with van der Waals surface area (Å²) in [6.45, 7) is 0.0812. The van der Waals surface area contributed by atoms with Crippen molar-refractivity contribution in [2.75, 3.05) is 40.6 Å². The van der Waals surface area contributed by atoms with Crippen LogP contribution in [0.4, 0.5) is 0 Å². The first-order valence-corrected chi connectivity index (χ1v) is 7.86. The molecule has 0 aliphatic carbocycles. The van der Waals surface area contributed by atoms with Gasteiger partial charge in [-0.3, -0.25) is 9.59 Å². The predicted molar refractivity (Wildman–Crippen MR) is 85.2 cm³/mol. The van der Waals surface area contributed by atoms with Gasteiger partial charge in [-0.2, -0.15) is 0 Å². The standard InChI is InChI=1S/C15H20N2O4S/c1-16(2)13(18)8-17-14(19)9-22-15(17)10-5-6-11(20-3)12(7-10)21-4/h5-7,15H,8-9H2,1-4H3/t15-/m1/s1. The maximum atomic E-state index is 12.1. The van der Waals surface area contributed by atoms with E-state index in [1.165, 1.54) is 16.7 Å². The number of benzene rings is 1. The number of methoxy groups -OCH3 is 2. The average molecular weight is 324 g/mol. The van der Waals surface area contributed by atoms with Crippen LogP contribution in [0.3, 0.4) is 0 Å². The lowest BCUT2D eigenvalue weighted by Crippen LogP contribution is -2.38. The van der Waals surface area contributed by atoms with Crippen LogP contribution in [-0.4, -0.2) is 62.2 Å². The molecular weight excluding hydrogens is 304 g/mol. The molecule has 1 aliphatic rings. The molecule has 1 aromatic carbocycles. The maximum Gasteiger partial charge on any atom is 0.241 e. The molecule has 1 heterocycles. The SMILES string of the molecule is COc1ccc([C@H]2SCC(=O)N2CC(=O)N(C)C)cc1OC. The fourth-order valence-corrected chi connectivity index (χ4v) is 3.37. The number of thioether (sulfide) groups is 1. The number of carbonyl (C=O) groups excluding carboxylic acids is 2. The van der Waals surface area contributed by atoms with Gasteiger partial charge >= 0.3 is 0 Å². The molecule has 2 rings (SSSR count). The Morgan fingerprint density at radius 1 is 1.32 bits per heavy atom. The van der Waals surface area contributed by atoms with Crippen molar-refractivity contribution in [1.29, 1.82) is 0 Å². The minimum Gasteiger partial charge on any atom is -0.493 e. The van der Waals surface area contributed by atoms with E-state index in [9.17, 15) is 9.59 Å². The largest absolute Gasteiger partial charge is 0.493 e.